The smallest absolute Gasteiger partial charge is 0.221 e. The summed E-state index contributed by atoms with van der Waals surface area (Å²) in [4.78, 5) is 15.7. The van der Waals surface area contributed by atoms with E-state index in [-0.39, 0.29) is 6.42 Å². The van der Waals surface area contributed by atoms with E-state index in [1.54, 1.807) is 26.4 Å². The SMILES string of the molecule is COc1ccc(OC)c2c(CC(N)=O)cc(C)nc12. The van der Waals surface area contributed by atoms with Crippen molar-refractivity contribution >= 4 is 16.8 Å². The predicted molar refractivity (Wildman–Crippen MR) is 72.5 cm³/mol. The molecule has 1 aromatic heterocycles. The van der Waals surface area contributed by atoms with Crippen LogP contribution in [0.4, 0.5) is 0 Å². The minimum absolute atomic E-state index is 0.142. The molecule has 0 saturated heterocycles. The average molecular weight is 260 g/mol. The van der Waals surface area contributed by atoms with Crippen LogP contribution >= 0.6 is 0 Å². The van der Waals surface area contributed by atoms with Crippen LogP contribution in [-0.4, -0.2) is 25.1 Å². The van der Waals surface area contributed by atoms with E-state index in [1.807, 2.05) is 13.0 Å². The van der Waals surface area contributed by atoms with Gasteiger partial charge in [0.25, 0.3) is 0 Å². The van der Waals surface area contributed by atoms with Gasteiger partial charge in [-0.05, 0) is 30.7 Å². The Morgan fingerprint density at radius 3 is 2.47 bits per heavy atom. The zero-order valence-electron chi connectivity index (χ0n) is 11.2. The molecule has 5 nitrogen and oxygen atoms in total. The Hall–Kier alpha value is -2.30. The summed E-state index contributed by atoms with van der Waals surface area (Å²) in [6, 6.07) is 5.43. The standard InChI is InChI=1S/C14H16N2O3/c1-8-6-9(7-12(15)17)13-10(18-2)4-5-11(19-3)14(13)16-8/h4-6H,7H2,1-3H3,(H2,15,17). The maximum atomic E-state index is 11.2. The van der Waals surface area contributed by atoms with Crippen LogP contribution in [0.25, 0.3) is 10.9 Å². The molecule has 0 unspecified atom stereocenters. The second-order valence-corrected chi connectivity index (χ2v) is 4.26. The second kappa shape index (κ2) is 5.14. The number of carbonyl (C=O) groups is 1. The van der Waals surface area contributed by atoms with Gasteiger partial charge in [0, 0.05) is 11.1 Å². The minimum Gasteiger partial charge on any atom is -0.496 e. The number of aryl methyl sites for hydroxylation is 1. The van der Waals surface area contributed by atoms with Crippen LogP contribution < -0.4 is 15.2 Å². The van der Waals surface area contributed by atoms with Gasteiger partial charge >= 0.3 is 0 Å². The maximum absolute atomic E-state index is 11.2. The van der Waals surface area contributed by atoms with E-state index < -0.39 is 5.91 Å². The van der Waals surface area contributed by atoms with Gasteiger partial charge in [-0.2, -0.15) is 0 Å². The van der Waals surface area contributed by atoms with Gasteiger partial charge in [-0.25, -0.2) is 4.98 Å². The molecule has 1 amide bonds. The number of methoxy groups -OCH3 is 2. The largest absolute Gasteiger partial charge is 0.496 e. The number of carbonyl (C=O) groups excluding carboxylic acids is 1. The fourth-order valence-electron chi connectivity index (χ4n) is 2.17. The first-order chi connectivity index (χ1) is 9.06. The number of aromatic nitrogens is 1. The van der Waals surface area contributed by atoms with Crippen molar-refractivity contribution in [3.05, 3.63) is 29.5 Å². The van der Waals surface area contributed by atoms with Crippen molar-refractivity contribution in [3.63, 3.8) is 0 Å². The number of rotatable bonds is 4. The number of hydrogen-bond donors (Lipinski definition) is 1. The minimum atomic E-state index is -0.392. The molecule has 5 heteroatoms. The molecule has 1 aromatic carbocycles. The Kier molecular flexibility index (Phi) is 3.55. The fourth-order valence-corrected chi connectivity index (χ4v) is 2.17. The topological polar surface area (TPSA) is 74.4 Å². The first-order valence-corrected chi connectivity index (χ1v) is 5.86. The zero-order valence-corrected chi connectivity index (χ0v) is 11.2. The molecule has 2 rings (SSSR count). The summed E-state index contributed by atoms with van der Waals surface area (Å²) >= 11 is 0. The van der Waals surface area contributed by atoms with Crippen LogP contribution in [0.5, 0.6) is 11.5 Å². The van der Waals surface area contributed by atoms with Gasteiger partial charge in [0.15, 0.2) is 0 Å². The van der Waals surface area contributed by atoms with E-state index in [2.05, 4.69) is 4.98 Å². The molecule has 0 fully saturated rings. The lowest BCUT2D eigenvalue weighted by atomic mass is 10.0. The third-order valence-corrected chi connectivity index (χ3v) is 2.90. The van der Waals surface area contributed by atoms with Crippen molar-refractivity contribution in [2.75, 3.05) is 14.2 Å². The van der Waals surface area contributed by atoms with Crippen LogP contribution in [0.15, 0.2) is 18.2 Å². The molecule has 0 radical (unpaired) electrons. The third-order valence-electron chi connectivity index (χ3n) is 2.90. The molecule has 0 aliphatic rings. The van der Waals surface area contributed by atoms with Gasteiger partial charge in [-0.1, -0.05) is 0 Å². The van der Waals surface area contributed by atoms with E-state index >= 15 is 0 Å². The van der Waals surface area contributed by atoms with Gasteiger partial charge in [0.05, 0.1) is 20.6 Å². The molecule has 0 saturated carbocycles. The molecular weight excluding hydrogens is 244 g/mol. The number of nitrogens with two attached hydrogens (primary N) is 1. The van der Waals surface area contributed by atoms with Crippen molar-refractivity contribution < 1.29 is 14.3 Å². The Morgan fingerprint density at radius 2 is 1.89 bits per heavy atom. The summed E-state index contributed by atoms with van der Waals surface area (Å²) in [6.45, 7) is 1.86. The highest BCUT2D eigenvalue weighted by Crippen LogP contribution is 2.34. The van der Waals surface area contributed by atoms with Crippen LogP contribution in [-0.2, 0) is 11.2 Å². The lowest BCUT2D eigenvalue weighted by Crippen LogP contribution is -2.14. The van der Waals surface area contributed by atoms with E-state index in [0.29, 0.717) is 17.0 Å². The third kappa shape index (κ3) is 2.45. The number of nitrogens with zero attached hydrogens (tertiary/aromatic N) is 1. The van der Waals surface area contributed by atoms with Gasteiger partial charge in [0.2, 0.25) is 5.91 Å². The van der Waals surface area contributed by atoms with Crippen molar-refractivity contribution in [2.24, 2.45) is 5.73 Å². The summed E-state index contributed by atoms with van der Waals surface area (Å²) in [5, 5.41) is 0.770. The number of primary amides is 1. The molecule has 0 bridgehead atoms. The Labute approximate surface area is 111 Å². The van der Waals surface area contributed by atoms with Crippen molar-refractivity contribution in [1.82, 2.24) is 4.98 Å². The van der Waals surface area contributed by atoms with Crippen LogP contribution in [0, 0.1) is 6.92 Å². The molecule has 100 valence electrons. The van der Waals surface area contributed by atoms with E-state index in [0.717, 1.165) is 16.6 Å². The fraction of sp³-hybridized carbons (Fsp3) is 0.286. The first kappa shape index (κ1) is 13.1. The molecule has 2 aromatic rings. The molecular formula is C14H16N2O3. The number of ether oxygens (including phenoxy) is 2. The second-order valence-electron chi connectivity index (χ2n) is 4.26. The Bertz CT molecular complexity index is 638. The van der Waals surface area contributed by atoms with Gasteiger partial charge in [-0.3, -0.25) is 4.79 Å². The van der Waals surface area contributed by atoms with Gasteiger partial charge < -0.3 is 15.2 Å². The maximum Gasteiger partial charge on any atom is 0.221 e. The number of benzene rings is 1. The number of amides is 1. The predicted octanol–water partition coefficient (Wildman–Crippen LogP) is 1.59. The van der Waals surface area contributed by atoms with Gasteiger partial charge in [-0.15, -0.1) is 0 Å². The Balaban J connectivity index is 2.82. The quantitative estimate of drug-likeness (QED) is 0.905. The number of fused-ring (bicyclic) bond motifs is 1. The van der Waals surface area contributed by atoms with Crippen molar-refractivity contribution in [2.45, 2.75) is 13.3 Å². The molecule has 0 spiro atoms. The molecule has 0 aliphatic carbocycles. The normalized spacial score (nSPS) is 10.5. The summed E-state index contributed by atoms with van der Waals surface area (Å²) < 4.78 is 10.6. The molecule has 19 heavy (non-hydrogen) atoms. The highest BCUT2D eigenvalue weighted by molar-refractivity contribution is 5.95. The zero-order chi connectivity index (χ0) is 14.0. The molecule has 0 aliphatic heterocycles. The number of pyridine rings is 1. The number of hydrogen-bond acceptors (Lipinski definition) is 4. The monoisotopic (exact) mass is 260 g/mol. The average Bonchev–Trinajstić information content (AvgIpc) is 2.36. The summed E-state index contributed by atoms with van der Waals surface area (Å²) in [7, 11) is 3.16. The van der Waals surface area contributed by atoms with Crippen LogP contribution in [0.2, 0.25) is 0 Å². The highest BCUT2D eigenvalue weighted by atomic mass is 16.5. The van der Waals surface area contributed by atoms with E-state index in [1.165, 1.54) is 0 Å². The summed E-state index contributed by atoms with van der Waals surface area (Å²) in [6.07, 6.45) is 0.142. The summed E-state index contributed by atoms with van der Waals surface area (Å²) in [5.74, 6) is 0.904. The van der Waals surface area contributed by atoms with E-state index in [9.17, 15) is 4.79 Å². The Morgan fingerprint density at radius 1 is 1.26 bits per heavy atom. The van der Waals surface area contributed by atoms with Crippen molar-refractivity contribution in [1.29, 1.82) is 0 Å². The molecule has 2 N–H and O–H groups in total. The lowest BCUT2D eigenvalue weighted by Gasteiger charge is -2.13. The first-order valence-electron chi connectivity index (χ1n) is 5.86. The van der Waals surface area contributed by atoms with Crippen LogP contribution in [0.1, 0.15) is 11.3 Å². The summed E-state index contributed by atoms with van der Waals surface area (Å²) in [5.41, 5.74) is 7.57. The van der Waals surface area contributed by atoms with E-state index in [4.69, 9.17) is 15.2 Å². The van der Waals surface area contributed by atoms with Gasteiger partial charge in [0.1, 0.15) is 17.0 Å². The highest BCUT2D eigenvalue weighted by Gasteiger charge is 2.15. The lowest BCUT2D eigenvalue weighted by molar-refractivity contribution is -0.117. The molecule has 1 heterocycles. The molecule has 0 atom stereocenters. The van der Waals surface area contributed by atoms with Crippen LogP contribution in [0.3, 0.4) is 0 Å². The van der Waals surface area contributed by atoms with Crippen molar-refractivity contribution in [3.8, 4) is 11.5 Å².